The molecule has 1 unspecified atom stereocenters. The van der Waals surface area contributed by atoms with Crippen LogP contribution in [0.25, 0.3) is 0 Å². The Morgan fingerprint density at radius 2 is 2.17 bits per heavy atom. The largest absolute Gasteiger partial charge is 0.372 e. The fourth-order valence-corrected chi connectivity index (χ4v) is 0.824. The lowest BCUT2D eigenvalue weighted by atomic mass is 9.96. The van der Waals surface area contributed by atoms with E-state index in [4.69, 9.17) is 5.73 Å². The Labute approximate surface area is 68.8 Å². The van der Waals surface area contributed by atoms with Gasteiger partial charge in [-0.25, -0.2) is 13.6 Å². The molecular formula is C6H12F2N2O2. The third kappa shape index (κ3) is 2.12. The van der Waals surface area contributed by atoms with Crippen molar-refractivity contribution >= 4 is 5.97 Å². The summed E-state index contributed by atoms with van der Waals surface area (Å²) in [5, 5.41) is 0. The van der Waals surface area contributed by atoms with Gasteiger partial charge in [-0.05, 0) is 6.42 Å². The van der Waals surface area contributed by atoms with Crippen LogP contribution in [0.15, 0.2) is 0 Å². The Balaban J connectivity index is 4.49. The number of rotatable bonds is 4. The molecule has 0 saturated heterocycles. The summed E-state index contributed by atoms with van der Waals surface area (Å²) in [6.07, 6.45) is -2.76. The van der Waals surface area contributed by atoms with Crippen LogP contribution in [0.2, 0.25) is 0 Å². The van der Waals surface area contributed by atoms with Gasteiger partial charge in [-0.3, -0.25) is 0 Å². The highest BCUT2D eigenvalue weighted by Gasteiger charge is 2.44. The Hall–Kier alpha value is -0.750. The molecule has 0 amide bonds. The van der Waals surface area contributed by atoms with Crippen molar-refractivity contribution in [3.05, 3.63) is 0 Å². The minimum Gasteiger partial charge on any atom is -0.372 e. The second-order valence-electron chi connectivity index (χ2n) is 2.50. The molecule has 0 aliphatic heterocycles. The molecule has 0 heterocycles. The molecule has 6 heteroatoms. The quantitative estimate of drug-likeness (QED) is 0.607. The maximum absolute atomic E-state index is 12.2. The first-order valence-corrected chi connectivity index (χ1v) is 3.47. The van der Waals surface area contributed by atoms with E-state index in [1.165, 1.54) is 0 Å². The molecule has 4 N–H and O–H groups in total. The molecule has 0 aliphatic carbocycles. The number of halogens is 2. The molecule has 0 saturated carbocycles. The van der Waals surface area contributed by atoms with E-state index < -0.39 is 17.9 Å². The van der Waals surface area contributed by atoms with E-state index in [9.17, 15) is 13.6 Å². The van der Waals surface area contributed by atoms with Crippen molar-refractivity contribution in [3.8, 4) is 0 Å². The van der Waals surface area contributed by atoms with E-state index in [1.807, 2.05) is 0 Å². The summed E-state index contributed by atoms with van der Waals surface area (Å²) in [5.74, 6) is 3.18. The highest BCUT2D eigenvalue weighted by atomic mass is 19.3. The zero-order valence-corrected chi connectivity index (χ0v) is 6.72. The molecule has 0 aliphatic rings. The van der Waals surface area contributed by atoms with Crippen molar-refractivity contribution in [1.29, 1.82) is 0 Å². The second-order valence-corrected chi connectivity index (χ2v) is 2.50. The van der Waals surface area contributed by atoms with Gasteiger partial charge < -0.3 is 10.6 Å². The second kappa shape index (κ2) is 4.32. The van der Waals surface area contributed by atoms with Crippen molar-refractivity contribution in [2.45, 2.75) is 31.7 Å². The van der Waals surface area contributed by atoms with Crippen LogP contribution in [0.1, 0.15) is 19.8 Å². The molecule has 0 aromatic rings. The van der Waals surface area contributed by atoms with Gasteiger partial charge in [0.25, 0.3) is 6.43 Å². The zero-order chi connectivity index (χ0) is 9.78. The first kappa shape index (κ1) is 11.2. The minimum atomic E-state index is -2.96. The predicted octanol–water partition coefficient (Wildman–Crippen LogP) is 0.166. The lowest BCUT2D eigenvalue weighted by Gasteiger charge is -2.23. The van der Waals surface area contributed by atoms with Crippen LogP contribution < -0.4 is 11.6 Å². The summed E-state index contributed by atoms with van der Waals surface area (Å²) in [7, 11) is 0. The van der Waals surface area contributed by atoms with Gasteiger partial charge >= 0.3 is 5.97 Å². The fraction of sp³-hybridized carbons (Fsp3) is 0.833. The molecule has 0 bridgehead atoms. The van der Waals surface area contributed by atoms with Gasteiger partial charge in [0.15, 0.2) is 5.54 Å². The van der Waals surface area contributed by atoms with E-state index in [2.05, 4.69) is 10.7 Å². The maximum atomic E-state index is 12.2. The van der Waals surface area contributed by atoms with Gasteiger partial charge in [-0.15, -0.1) is 0 Å². The Kier molecular flexibility index (Phi) is 4.05. The predicted molar refractivity (Wildman–Crippen MR) is 38.1 cm³/mol. The lowest BCUT2D eigenvalue weighted by Crippen LogP contribution is -2.55. The van der Waals surface area contributed by atoms with Crippen molar-refractivity contribution < 1.29 is 18.4 Å². The maximum Gasteiger partial charge on any atom is 0.350 e. The van der Waals surface area contributed by atoms with Crippen LogP contribution in [0.5, 0.6) is 0 Å². The van der Waals surface area contributed by atoms with Crippen LogP contribution in [0, 0.1) is 0 Å². The van der Waals surface area contributed by atoms with Gasteiger partial charge in [0, 0.05) is 0 Å². The summed E-state index contributed by atoms with van der Waals surface area (Å²) < 4.78 is 24.5. The highest BCUT2D eigenvalue weighted by molar-refractivity contribution is 5.80. The van der Waals surface area contributed by atoms with Crippen LogP contribution in [-0.4, -0.2) is 17.9 Å². The fourth-order valence-electron chi connectivity index (χ4n) is 0.824. The van der Waals surface area contributed by atoms with Gasteiger partial charge in [0.1, 0.15) is 0 Å². The molecule has 0 fully saturated rings. The summed E-state index contributed by atoms with van der Waals surface area (Å²) in [4.78, 5) is 14.4. The molecular weight excluding hydrogens is 170 g/mol. The normalized spacial score (nSPS) is 15.8. The topological polar surface area (TPSA) is 78.3 Å². The average molecular weight is 182 g/mol. The smallest absolute Gasteiger partial charge is 0.350 e. The minimum absolute atomic E-state index is 0.152. The van der Waals surface area contributed by atoms with E-state index >= 15 is 0 Å². The number of carbonyl (C=O) groups excluding carboxylic acids is 1. The molecule has 0 rings (SSSR count). The van der Waals surface area contributed by atoms with Crippen molar-refractivity contribution in [2.24, 2.45) is 11.6 Å². The van der Waals surface area contributed by atoms with Gasteiger partial charge in [0.2, 0.25) is 0 Å². The van der Waals surface area contributed by atoms with E-state index in [0.717, 1.165) is 0 Å². The molecule has 12 heavy (non-hydrogen) atoms. The van der Waals surface area contributed by atoms with Crippen LogP contribution in [0.4, 0.5) is 8.78 Å². The van der Waals surface area contributed by atoms with Crippen LogP contribution in [0.3, 0.4) is 0 Å². The van der Waals surface area contributed by atoms with E-state index in [-0.39, 0.29) is 6.42 Å². The number of hydrogen-bond donors (Lipinski definition) is 2. The SMILES string of the molecule is CCCC(N)(C(=O)ON)C(F)F. The molecule has 1 atom stereocenters. The number of alkyl halides is 2. The van der Waals surface area contributed by atoms with Gasteiger partial charge in [-0.1, -0.05) is 13.3 Å². The molecule has 0 spiro atoms. The first-order chi connectivity index (χ1) is 5.49. The summed E-state index contributed by atoms with van der Waals surface area (Å²) >= 11 is 0. The monoisotopic (exact) mass is 182 g/mol. The Morgan fingerprint density at radius 3 is 2.42 bits per heavy atom. The molecule has 0 radical (unpaired) electrons. The standard InChI is InChI=1S/C6H12F2N2O2/c1-2-3-6(9,4(7)8)5(11)12-10/h4H,2-3,9-10H2,1H3. The number of nitrogens with two attached hydrogens (primary N) is 2. The van der Waals surface area contributed by atoms with Crippen LogP contribution >= 0.6 is 0 Å². The Bertz CT molecular complexity index is 166. The third-order valence-corrected chi connectivity index (χ3v) is 1.54. The summed E-state index contributed by atoms with van der Waals surface area (Å²) in [6, 6.07) is 0. The van der Waals surface area contributed by atoms with Crippen molar-refractivity contribution in [3.63, 3.8) is 0 Å². The average Bonchev–Trinajstić information content (AvgIpc) is 2.03. The van der Waals surface area contributed by atoms with Gasteiger partial charge in [0.05, 0.1) is 0 Å². The van der Waals surface area contributed by atoms with E-state index in [1.54, 1.807) is 6.92 Å². The van der Waals surface area contributed by atoms with Crippen LogP contribution in [-0.2, 0) is 9.63 Å². The van der Waals surface area contributed by atoms with Crippen molar-refractivity contribution in [1.82, 2.24) is 0 Å². The summed E-state index contributed by atoms with van der Waals surface area (Å²) in [6.45, 7) is 1.63. The van der Waals surface area contributed by atoms with E-state index in [0.29, 0.717) is 6.42 Å². The number of hydrogen-bond acceptors (Lipinski definition) is 4. The van der Waals surface area contributed by atoms with Gasteiger partial charge in [-0.2, -0.15) is 5.90 Å². The highest BCUT2D eigenvalue weighted by Crippen LogP contribution is 2.19. The Morgan fingerprint density at radius 1 is 1.67 bits per heavy atom. The third-order valence-electron chi connectivity index (χ3n) is 1.54. The first-order valence-electron chi connectivity index (χ1n) is 3.47. The van der Waals surface area contributed by atoms with Crippen molar-refractivity contribution in [2.75, 3.05) is 0 Å². The lowest BCUT2D eigenvalue weighted by molar-refractivity contribution is -0.157. The molecule has 0 aromatic carbocycles. The zero-order valence-electron chi connectivity index (χ0n) is 6.72. The molecule has 72 valence electrons. The number of carbonyl (C=O) groups is 1. The molecule has 4 nitrogen and oxygen atoms in total. The molecule has 0 aromatic heterocycles. The summed E-state index contributed by atoms with van der Waals surface area (Å²) in [5.41, 5.74) is 2.84.